The first-order valence-electron chi connectivity index (χ1n) is 14.9. The lowest BCUT2D eigenvalue weighted by Crippen LogP contribution is -2.17. The van der Waals surface area contributed by atoms with E-state index in [1.807, 2.05) is 13.0 Å². The fraction of sp³-hybridized carbons (Fsp3) is 0.171. The molecule has 1 heteroatoms. The van der Waals surface area contributed by atoms with Crippen LogP contribution in [0.4, 0.5) is 17.1 Å². The van der Waals surface area contributed by atoms with Gasteiger partial charge in [-0.15, -0.1) is 0 Å². The fourth-order valence-corrected chi connectivity index (χ4v) is 6.41. The maximum atomic E-state index is 3.94. The Balaban J connectivity index is 1.52. The zero-order valence-corrected chi connectivity index (χ0v) is 25.4. The van der Waals surface area contributed by atoms with Crippen LogP contribution in [0.25, 0.3) is 21.9 Å². The molecule has 0 N–H and O–H groups in total. The largest absolute Gasteiger partial charge is 0.310 e. The van der Waals surface area contributed by atoms with Crippen LogP contribution >= 0.6 is 0 Å². The number of aryl methyl sites for hydroxylation is 2. The van der Waals surface area contributed by atoms with Crippen molar-refractivity contribution in [1.29, 1.82) is 0 Å². The second kappa shape index (κ2) is 11.0. The molecular weight excluding hydrogens is 506 g/mol. The van der Waals surface area contributed by atoms with E-state index in [-0.39, 0.29) is 5.41 Å². The molecule has 0 aliphatic heterocycles. The van der Waals surface area contributed by atoms with E-state index in [1.54, 1.807) is 0 Å². The van der Waals surface area contributed by atoms with E-state index in [9.17, 15) is 0 Å². The van der Waals surface area contributed by atoms with Gasteiger partial charge in [-0.1, -0.05) is 123 Å². The lowest BCUT2D eigenvalue weighted by molar-refractivity contribution is 0.660. The predicted octanol–water partition coefficient (Wildman–Crippen LogP) is 11.5. The van der Waals surface area contributed by atoms with Crippen LogP contribution in [0.1, 0.15) is 48.6 Å². The van der Waals surface area contributed by atoms with Crippen molar-refractivity contribution in [3.63, 3.8) is 0 Å². The Labute approximate surface area is 251 Å². The van der Waals surface area contributed by atoms with Crippen molar-refractivity contribution in [3.05, 3.63) is 161 Å². The van der Waals surface area contributed by atoms with Crippen LogP contribution in [0.15, 0.2) is 134 Å². The molecule has 0 saturated heterocycles. The molecule has 1 aliphatic rings. The van der Waals surface area contributed by atoms with E-state index >= 15 is 0 Å². The van der Waals surface area contributed by atoms with Crippen molar-refractivity contribution in [2.45, 2.75) is 46.5 Å². The molecule has 0 bridgehead atoms. The molecule has 0 saturated carbocycles. The van der Waals surface area contributed by atoms with Gasteiger partial charge in [0.2, 0.25) is 0 Å². The van der Waals surface area contributed by atoms with Crippen LogP contribution in [-0.2, 0) is 11.8 Å². The molecule has 6 rings (SSSR count). The van der Waals surface area contributed by atoms with Crippen LogP contribution in [-0.4, -0.2) is 0 Å². The zero-order valence-electron chi connectivity index (χ0n) is 25.4. The van der Waals surface area contributed by atoms with Gasteiger partial charge >= 0.3 is 0 Å². The van der Waals surface area contributed by atoms with E-state index in [1.165, 1.54) is 61.1 Å². The van der Waals surface area contributed by atoms with Crippen LogP contribution in [0, 0.1) is 13.8 Å². The third kappa shape index (κ3) is 4.90. The van der Waals surface area contributed by atoms with Gasteiger partial charge in [0.05, 0.1) is 5.69 Å². The van der Waals surface area contributed by atoms with Crippen LogP contribution in [0.3, 0.4) is 0 Å². The van der Waals surface area contributed by atoms with Gasteiger partial charge < -0.3 is 4.90 Å². The van der Waals surface area contributed by atoms with E-state index in [0.29, 0.717) is 0 Å². The average Bonchev–Trinajstić information content (AvgIpc) is 3.20. The fourth-order valence-electron chi connectivity index (χ4n) is 6.41. The minimum Gasteiger partial charge on any atom is -0.310 e. The number of hydrogen-bond acceptors (Lipinski definition) is 1. The van der Waals surface area contributed by atoms with Crippen LogP contribution < -0.4 is 4.90 Å². The van der Waals surface area contributed by atoms with E-state index in [2.05, 4.69) is 154 Å². The van der Waals surface area contributed by atoms with Gasteiger partial charge in [-0.2, -0.15) is 0 Å². The second-order valence-corrected chi connectivity index (χ2v) is 12.2. The molecule has 0 amide bonds. The smallest absolute Gasteiger partial charge is 0.0543 e. The Hall–Kier alpha value is -4.62. The molecule has 42 heavy (non-hydrogen) atoms. The molecular formula is C41H39N. The molecule has 0 spiro atoms. The topological polar surface area (TPSA) is 3.24 Å². The summed E-state index contributed by atoms with van der Waals surface area (Å²) in [6, 6.07) is 36.0. The van der Waals surface area contributed by atoms with E-state index < -0.39 is 0 Å². The first kappa shape index (κ1) is 27.5. The number of hydrogen-bond donors (Lipinski definition) is 0. The molecule has 5 aromatic rings. The highest BCUT2D eigenvalue weighted by Crippen LogP contribution is 2.54. The summed E-state index contributed by atoms with van der Waals surface area (Å²) in [5.74, 6) is 0. The van der Waals surface area contributed by atoms with Crippen molar-refractivity contribution in [1.82, 2.24) is 0 Å². The molecule has 0 fully saturated rings. The maximum absolute atomic E-state index is 3.94. The van der Waals surface area contributed by atoms with Gasteiger partial charge in [0, 0.05) is 22.2 Å². The number of allylic oxidation sites excluding steroid dienone is 5. The SMILES string of the molecule is C=C(C)/C=C\C=C/Cc1ccc(N(c2ccccc2)c2cc3c(c4ccccc24)-c2ccc(C)cc2C3(C)C)cc1C. The summed E-state index contributed by atoms with van der Waals surface area (Å²) >= 11 is 0. The molecule has 0 aromatic heterocycles. The van der Waals surface area contributed by atoms with Crippen molar-refractivity contribution >= 4 is 27.8 Å². The molecule has 1 nitrogen and oxygen atoms in total. The third-order valence-electron chi connectivity index (χ3n) is 8.62. The Bertz CT molecular complexity index is 1870. The summed E-state index contributed by atoms with van der Waals surface area (Å²) in [6.07, 6.45) is 9.31. The van der Waals surface area contributed by atoms with Crippen LogP contribution in [0.5, 0.6) is 0 Å². The van der Waals surface area contributed by atoms with Crippen molar-refractivity contribution in [2.24, 2.45) is 0 Å². The molecule has 0 atom stereocenters. The number of fused-ring (bicyclic) bond motifs is 5. The first-order chi connectivity index (χ1) is 20.3. The summed E-state index contributed by atoms with van der Waals surface area (Å²) in [4.78, 5) is 2.44. The maximum Gasteiger partial charge on any atom is 0.0543 e. The zero-order chi connectivity index (χ0) is 29.4. The number of rotatable bonds is 7. The lowest BCUT2D eigenvalue weighted by Gasteiger charge is -2.30. The summed E-state index contributed by atoms with van der Waals surface area (Å²) in [7, 11) is 0. The van der Waals surface area contributed by atoms with Gasteiger partial charge in [-0.25, -0.2) is 0 Å². The summed E-state index contributed by atoms with van der Waals surface area (Å²) in [5.41, 5.74) is 14.0. The van der Waals surface area contributed by atoms with Gasteiger partial charge in [0.25, 0.3) is 0 Å². The number of anilines is 3. The highest BCUT2D eigenvalue weighted by atomic mass is 15.1. The van der Waals surface area contributed by atoms with Crippen molar-refractivity contribution < 1.29 is 0 Å². The van der Waals surface area contributed by atoms with E-state index in [0.717, 1.165) is 17.7 Å². The molecule has 0 unspecified atom stereocenters. The molecule has 5 aromatic carbocycles. The minimum atomic E-state index is -0.0947. The quantitative estimate of drug-likeness (QED) is 0.184. The Morgan fingerprint density at radius 2 is 1.50 bits per heavy atom. The van der Waals surface area contributed by atoms with E-state index in [4.69, 9.17) is 0 Å². The molecule has 0 radical (unpaired) electrons. The lowest BCUT2D eigenvalue weighted by atomic mass is 9.81. The number of benzene rings is 5. The van der Waals surface area contributed by atoms with Gasteiger partial charge in [0.1, 0.15) is 0 Å². The predicted molar refractivity (Wildman–Crippen MR) is 182 cm³/mol. The Morgan fingerprint density at radius 3 is 2.24 bits per heavy atom. The summed E-state index contributed by atoms with van der Waals surface area (Å²) in [6.45, 7) is 15.1. The number of nitrogens with zero attached hydrogens (tertiary/aromatic N) is 1. The summed E-state index contributed by atoms with van der Waals surface area (Å²) in [5, 5.41) is 2.57. The Morgan fingerprint density at radius 1 is 0.762 bits per heavy atom. The second-order valence-electron chi connectivity index (χ2n) is 12.2. The van der Waals surface area contributed by atoms with Gasteiger partial charge in [-0.05, 0) is 96.3 Å². The highest BCUT2D eigenvalue weighted by molar-refractivity contribution is 6.10. The highest BCUT2D eigenvalue weighted by Gasteiger charge is 2.37. The minimum absolute atomic E-state index is 0.0947. The monoisotopic (exact) mass is 545 g/mol. The van der Waals surface area contributed by atoms with Crippen LogP contribution in [0.2, 0.25) is 0 Å². The third-order valence-corrected chi connectivity index (χ3v) is 8.62. The van der Waals surface area contributed by atoms with Gasteiger partial charge in [-0.3, -0.25) is 0 Å². The van der Waals surface area contributed by atoms with Crippen molar-refractivity contribution in [3.8, 4) is 11.1 Å². The average molecular weight is 546 g/mol. The molecule has 1 aliphatic carbocycles. The molecule has 0 heterocycles. The number of para-hydroxylation sites is 1. The first-order valence-corrected chi connectivity index (χ1v) is 14.9. The summed E-state index contributed by atoms with van der Waals surface area (Å²) < 4.78 is 0. The van der Waals surface area contributed by atoms with Crippen molar-refractivity contribution in [2.75, 3.05) is 4.90 Å². The Kier molecular flexibility index (Phi) is 7.21. The standard InChI is InChI=1S/C41H39N/c1-28(2)15-9-7-10-16-31-22-23-33(26-30(31)4)42(32-17-11-8-12-18-32)39-27-38-40(35-20-14-13-19-34(35)39)36-24-21-29(3)25-37(36)41(38,5)6/h7-15,17-27H,1,16H2,2-6H3/b10-7-,15-9-. The van der Waals surface area contributed by atoms with Gasteiger partial charge in [0.15, 0.2) is 0 Å². The normalized spacial score (nSPS) is 13.5. The molecule has 208 valence electrons.